The molecule has 0 spiro atoms. The molecule has 0 saturated carbocycles. The summed E-state index contributed by atoms with van der Waals surface area (Å²) in [4.78, 5) is 12.6. The number of carbonyl (C=O) groups excluding carboxylic acids is 1. The van der Waals surface area contributed by atoms with E-state index in [2.05, 4.69) is 0 Å². The number of carbonyl (C=O) groups is 1. The van der Waals surface area contributed by atoms with Gasteiger partial charge in [0.05, 0.1) is 0 Å². The van der Waals surface area contributed by atoms with E-state index in [1.807, 2.05) is 36.6 Å². The molecule has 0 aliphatic rings. The highest BCUT2D eigenvalue weighted by molar-refractivity contribution is 6.14. The predicted molar refractivity (Wildman–Crippen MR) is 99.6 cm³/mol. The molecule has 0 N–H and O–H groups in total. The number of nitrogens with zero attached hydrogens (tertiary/aromatic N) is 2. The number of rotatable bonds is 4. The van der Waals surface area contributed by atoms with Gasteiger partial charge in [-0.1, -0.05) is 30.3 Å². The molecule has 0 fully saturated rings. The monoisotopic (exact) mass is 344 g/mol. The Kier molecular flexibility index (Phi) is 4.81. The van der Waals surface area contributed by atoms with Crippen LogP contribution in [0.25, 0.3) is 11.8 Å². The Bertz CT molecular complexity index is 1020. The Labute approximate surface area is 151 Å². The van der Waals surface area contributed by atoms with Crippen LogP contribution in [0, 0.1) is 31.0 Å². The second-order valence-corrected chi connectivity index (χ2v) is 6.00. The van der Waals surface area contributed by atoms with E-state index in [1.165, 1.54) is 12.1 Å². The number of aryl methyl sites for hydroxylation is 1. The molecular formula is C22H17FN2O. The maximum Gasteiger partial charge on any atom is 0.203 e. The highest BCUT2D eigenvalue weighted by Gasteiger charge is 2.15. The van der Waals surface area contributed by atoms with Gasteiger partial charge < -0.3 is 4.57 Å². The smallest absolute Gasteiger partial charge is 0.203 e. The van der Waals surface area contributed by atoms with Gasteiger partial charge in [0.1, 0.15) is 17.5 Å². The maximum atomic E-state index is 13.2. The number of halogens is 1. The minimum absolute atomic E-state index is 0.0792. The fraction of sp³-hybridized carbons (Fsp3) is 0.0909. The molecule has 3 nitrogen and oxygen atoms in total. The Morgan fingerprint density at radius 1 is 1.08 bits per heavy atom. The summed E-state index contributed by atoms with van der Waals surface area (Å²) in [6.07, 6.45) is 1.61. The third-order valence-corrected chi connectivity index (χ3v) is 4.26. The Hall–Kier alpha value is -3.45. The lowest BCUT2D eigenvalue weighted by Gasteiger charge is -2.09. The van der Waals surface area contributed by atoms with E-state index >= 15 is 0 Å². The summed E-state index contributed by atoms with van der Waals surface area (Å²) < 4.78 is 15.1. The molecule has 0 bridgehead atoms. The number of hydrogen-bond donors (Lipinski definition) is 0. The average molecular weight is 344 g/mol. The van der Waals surface area contributed by atoms with E-state index in [9.17, 15) is 14.4 Å². The summed E-state index contributed by atoms with van der Waals surface area (Å²) in [6.45, 7) is 3.84. The highest BCUT2D eigenvalue weighted by Crippen LogP contribution is 2.23. The number of nitriles is 1. The van der Waals surface area contributed by atoms with Crippen LogP contribution < -0.4 is 0 Å². The molecule has 26 heavy (non-hydrogen) atoms. The van der Waals surface area contributed by atoms with E-state index in [0.29, 0.717) is 5.56 Å². The normalized spacial score (nSPS) is 11.2. The number of ketones is 1. The predicted octanol–water partition coefficient (Wildman–Crippen LogP) is 5.02. The number of benzene rings is 2. The first-order valence-electron chi connectivity index (χ1n) is 8.17. The minimum atomic E-state index is -0.306. The molecule has 128 valence electrons. The Morgan fingerprint density at radius 3 is 2.35 bits per heavy atom. The van der Waals surface area contributed by atoms with Gasteiger partial charge in [0.2, 0.25) is 5.78 Å². The van der Waals surface area contributed by atoms with Crippen molar-refractivity contribution in [3.63, 3.8) is 0 Å². The summed E-state index contributed by atoms with van der Waals surface area (Å²) >= 11 is 0. The fourth-order valence-corrected chi connectivity index (χ4v) is 2.97. The molecule has 1 heterocycles. The number of allylic oxidation sites excluding steroid dienone is 1. The van der Waals surface area contributed by atoms with Gasteiger partial charge >= 0.3 is 0 Å². The van der Waals surface area contributed by atoms with Gasteiger partial charge in [-0.05, 0) is 55.8 Å². The van der Waals surface area contributed by atoms with Crippen molar-refractivity contribution in [2.24, 2.45) is 0 Å². The molecule has 0 unspecified atom stereocenters. The third kappa shape index (κ3) is 3.33. The standard InChI is InChI=1S/C22H17FN2O/c1-15-12-18(16(2)25(15)21-10-8-20(23)9-11-21)13-19(14-24)22(26)17-6-4-3-5-7-17/h3-13H,1-2H3. The molecular weight excluding hydrogens is 327 g/mol. The van der Waals surface area contributed by atoms with Crippen molar-refractivity contribution >= 4 is 11.9 Å². The first-order valence-corrected chi connectivity index (χ1v) is 8.17. The fourth-order valence-electron chi connectivity index (χ4n) is 2.97. The van der Waals surface area contributed by atoms with Crippen LogP contribution >= 0.6 is 0 Å². The largest absolute Gasteiger partial charge is 0.318 e. The summed E-state index contributed by atoms with van der Waals surface area (Å²) in [5, 5.41) is 9.45. The molecule has 2 aromatic carbocycles. The zero-order valence-corrected chi connectivity index (χ0v) is 14.5. The van der Waals surface area contributed by atoms with Crippen LogP contribution in [-0.4, -0.2) is 10.4 Å². The van der Waals surface area contributed by atoms with E-state index in [-0.39, 0.29) is 17.2 Å². The van der Waals surface area contributed by atoms with Crippen LogP contribution in [0.2, 0.25) is 0 Å². The Morgan fingerprint density at radius 2 is 1.73 bits per heavy atom. The van der Waals surface area contributed by atoms with E-state index in [4.69, 9.17) is 0 Å². The van der Waals surface area contributed by atoms with Crippen molar-refractivity contribution in [1.29, 1.82) is 5.26 Å². The van der Waals surface area contributed by atoms with Gasteiger partial charge in [0, 0.05) is 22.6 Å². The van der Waals surface area contributed by atoms with Crippen molar-refractivity contribution in [2.45, 2.75) is 13.8 Å². The van der Waals surface area contributed by atoms with Crippen molar-refractivity contribution in [1.82, 2.24) is 4.57 Å². The van der Waals surface area contributed by atoms with Gasteiger partial charge in [0.15, 0.2) is 0 Å². The molecule has 4 heteroatoms. The molecule has 1 aromatic heterocycles. The van der Waals surface area contributed by atoms with Gasteiger partial charge in [-0.15, -0.1) is 0 Å². The average Bonchev–Trinajstić information content (AvgIpc) is 2.94. The quantitative estimate of drug-likeness (QED) is 0.379. The molecule has 3 aromatic rings. The van der Waals surface area contributed by atoms with Crippen molar-refractivity contribution in [2.75, 3.05) is 0 Å². The van der Waals surface area contributed by atoms with Crippen LogP contribution in [0.5, 0.6) is 0 Å². The SMILES string of the molecule is Cc1cc(C=C(C#N)C(=O)c2ccccc2)c(C)n1-c1ccc(F)cc1. The summed E-state index contributed by atoms with van der Waals surface area (Å²) in [6, 6.07) is 18.9. The highest BCUT2D eigenvalue weighted by atomic mass is 19.1. The third-order valence-electron chi connectivity index (χ3n) is 4.26. The van der Waals surface area contributed by atoms with Crippen LogP contribution in [0.3, 0.4) is 0 Å². The van der Waals surface area contributed by atoms with Crippen LogP contribution in [0.15, 0.2) is 66.2 Å². The molecule has 0 aliphatic heterocycles. The first kappa shape index (κ1) is 17.4. The number of hydrogen-bond acceptors (Lipinski definition) is 2. The lowest BCUT2D eigenvalue weighted by atomic mass is 10.0. The van der Waals surface area contributed by atoms with Gasteiger partial charge in [-0.25, -0.2) is 4.39 Å². The van der Waals surface area contributed by atoms with Crippen LogP contribution in [-0.2, 0) is 0 Å². The lowest BCUT2D eigenvalue weighted by Crippen LogP contribution is -2.02. The van der Waals surface area contributed by atoms with Gasteiger partial charge in [-0.3, -0.25) is 4.79 Å². The molecule has 0 radical (unpaired) electrons. The van der Waals surface area contributed by atoms with Crippen LogP contribution in [0.4, 0.5) is 4.39 Å². The number of aromatic nitrogens is 1. The lowest BCUT2D eigenvalue weighted by molar-refractivity contribution is 0.104. The van der Waals surface area contributed by atoms with Crippen molar-refractivity contribution in [3.05, 3.63) is 94.6 Å². The molecule has 3 rings (SSSR count). The zero-order chi connectivity index (χ0) is 18.7. The van der Waals surface area contributed by atoms with Gasteiger partial charge in [0.25, 0.3) is 0 Å². The summed E-state index contributed by atoms with van der Waals surface area (Å²) in [7, 11) is 0. The molecule has 0 saturated heterocycles. The van der Waals surface area contributed by atoms with Crippen molar-refractivity contribution < 1.29 is 9.18 Å². The van der Waals surface area contributed by atoms with E-state index in [0.717, 1.165) is 22.6 Å². The minimum Gasteiger partial charge on any atom is -0.318 e. The summed E-state index contributed by atoms with van der Waals surface area (Å²) in [5.74, 6) is -0.601. The topological polar surface area (TPSA) is 45.8 Å². The summed E-state index contributed by atoms with van der Waals surface area (Å²) in [5.41, 5.74) is 3.98. The number of Topliss-reactive ketones (excluding diaryl/α,β-unsaturated/α-hetero) is 1. The van der Waals surface area contributed by atoms with Crippen molar-refractivity contribution in [3.8, 4) is 11.8 Å². The van der Waals surface area contributed by atoms with E-state index < -0.39 is 0 Å². The maximum absolute atomic E-state index is 13.2. The molecule has 0 aliphatic carbocycles. The second-order valence-electron chi connectivity index (χ2n) is 6.00. The molecule has 0 amide bonds. The van der Waals surface area contributed by atoms with E-state index in [1.54, 1.807) is 42.5 Å². The first-order chi connectivity index (χ1) is 12.5. The zero-order valence-electron chi connectivity index (χ0n) is 14.5. The van der Waals surface area contributed by atoms with Gasteiger partial charge in [-0.2, -0.15) is 5.26 Å². The van der Waals surface area contributed by atoms with Crippen LogP contribution in [0.1, 0.15) is 27.3 Å². The Balaban J connectivity index is 2.03. The second kappa shape index (κ2) is 7.20. The molecule has 0 atom stereocenters.